The maximum atomic E-state index is 11.8. The van der Waals surface area contributed by atoms with Crippen molar-refractivity contribution < 1.29 is 23.4 Å². The summed E-state index contributed by atoms with van der Waals surface area (Å²) in [6.45, 7) is -0.474. The number of carboxylic acids is 1. The molecule has 0 fully saturated rings. The Kier molecular flexibility index (Phi) is 5.99. The highest BCUT2D eigenvalue weighted by atomic mass is 32.2. The van der Waals surface area contributed by atoms with Gasteiger partial charge in [-0.2, -0.15) is 0 Å². The minimum absolute atomic E-state index is 0.103. The summed E-state index contributed by atoms with van der Waals surface area (Å²) in [7, 11) is 1.69. The second kappa shape index (κ2) is 7.27. The number of ether oxygens (including phenoxy) is 1. The van der Waals surface area contributed by atoms with Crippen molar-refractivity contribution in [1.82, 2.24) is 14.8 Å². The molecular formula is C9H13F2N3O3S. The zero-order valence-electron chi connectivity index (χ0n) is 9.68. The molecule has 18 heavy (non-hydrogen) atoms. The van der Waals surface area contributed by atoms with E-state index >= 15 is 0 Å². The molecule has 0 aromatic carbocycles. The number of carboxylic acid groups (broad SMARTS) is 1. The first-order chi connectivity index (χ1) is 8.50. The van der Waals surface area contributed by atoms with Crippen molar-refractivity contribution in [3.63, 3.8) is 0 Å². The average Bonchev–Trinajstić information content (AvgIpc) is 2.63. The van der Waals surface area contributed by atoms with Crippen LogP contribution in [-0.4, -0.2) is 51.2 Å². The molecule has 0 spiro atoms. The maximum absolute atomic E-state index is 11.8. The monoisotopic (exact) mass is 281 g/mol. The van der Waals surface area contributed by atoms with Crippen LogP contribution in [0.2, 0.25) is 0 Å². The van der Waals surface area contributed by atoms with Crippen LogP contribution in [0.1, 0.15) is 5.82 Å². The highest BCUT2D eigenvalue weighted by Gasteiger charge is 2.11. The van der Waals surface area contributed by atoms with Gasteiger partial charge in [0.25, 0.3) is 6.43 Å². The Balaban J connectivity index is 2.40. The molecule has 0 unspecified atom stereocenters. The van der Waals surface area contributed by atoms with E-state index in [-0.39, 0.29) is 12.4 Å². The molecule has 0 aliphatic rings. The predicted molar refractivity (Wildman–Crippen MR) is 59.9 cm³/mol. The minimum Gasteiger partial charge on any atom is -0.481 e. The zero-order chi connectivity index (χ0) is 13.5. The largest absolute Gasteiger partial charge is 0.481 e. The third kappa shape index (κ3) is 4.96. The Morgan fingerprint density at radius 2 is 2.28 bits per heavy atom. The summed E-state index contributed by atoms with van der Waals surface area (Å²) in [5, 5.41) is 16.7. The molecule has 9 heteroatoms. The molecule has 1 aromatic heterocycles. The highest BCUT2D eigenvalue weighted by Crippen LogP contribution is 2.15. The van der Waals surface area contributed by atoms with Crippen molar-refractivity contribution in [2.75, 3.05) is 19.0 Å². The van der Waals surface area contributed by atoms with Gasteiger partial charge in [-0.15, -0.1) is 10.2 Å². The molecule has 6 nitrogen and oxygen atoms in total. The van der Waals surface area contributed by atoms with Gasteiger partial charge in [-0.05, 0) is 0 Å². The van der Waals surface area contributed by atoms with Gasteiger partial charge < -0.3 is 14.4 Å². The van der Waals surface area contributed by atoms with Crippen molar-refractivity contribution in [2.45, 2.75) is 18.0 Å². The fourth-order valence-electron chi connectivity index (χ4n) is 1.15. The quantitative estimate of drug-likeness (QED) is 0.561. The Morgan fingerprint density at radius 1 is 1.56 bits per heavy atom. The standard InChI is InChI=1S/C9H13F2N3O3S/c1-14-7(2-3-17-4-6(10)11)12-13-9(14)18-5-8(15)16/h6H,2-5H2,1H3,(H,15,16). The van der Waals surface area contributed by atoms with E-state index in [9.17, 15) is 13.6 Å². The van der Waals surface area contributed by atoms with Gasteiger partial charge in [0.1, 0.15) is 12.4 Å². The van der Waals surface area contributed by atoms with Gasteiger partial charge in [0.15, 0.2) is 5.16 Å². The summed E-state index contributed by atoms with van der Waals surface area (Å²) in [6.07, 6.45) is -2.13. The zero-order valence-corrected chi connectivity index (χ0v) is 10.5. The van der Waals surface area contributed by atoms with Gasteiger partial charge in [-0.1, -0.05) is 11.8 Å². The maximum Gasteiger partial charge on any atom is 0.313 e. The van der Waals surface area contributed by atoms with Crippen LogP contribution in [0.3, 0.4) is 0 Å². The summed E-state index contributed by atoms with van der Waals surface area (Å²) in [5.41, 5.74) is 0. The van der Waals surface area contributed by atoms with Crippen LogP contribution >= 0.6 is 11.8 Å². The smallest absolute Gasteiger partial charge is 0.313 e. The van der Waals surface area contributed by atoms with E-state index in [1.807, 2.05) is 0 Å². The lowest BCUT2D eigenvalue weighted by Crippen LogP contribution is -2.09. The van der Waals surface area contributed by atoms with E-state index in [2.05, 4.69) is 10.2 Å². The molecule has 0 bridgehead atoms. The number of hydrogen-bond donors (Lipinski definition) is 1. The topological polar surface area (TPSA) is 77.2 Å². The molecule has 1 rings (SSSR count). The minimum atomic E-state index is -2.48. The van der Waals surface area contributed by atoms with Crippen LogP contribution < -0.4 is 0 Å². The molecule has 0 saturated heterocycles. The Hall–Kier alpha value is -1.22. The molecule has 1 heterocycles. The van der Waals surface area contributed by atoms with E-state index in [0.717, 1.165) is 11.8 Å². The lowest BCUT2D eigenvalue weighted by Gasteiger charge is -2.04. The lowest BCUT2D eigenvalue weighted by atomic mass is 10.4. The second-order valence-corrected chi connectivity index (χ2v) is 4.30. The number of thioether (sulfide) groups is 1. The van der Waals surface area contributed by atoms with Crippen molar-refractivity contribution in [2.24, 2.45) is 7.05 Å². The van der Waals surface area contributed by atoms with E-state index in [0.29, 0.717) is 17.4 Å². The molecule has 1 N–H and O–H groups in total. The number of aliphatic carboxylic acids is 1. The fourth-order valence-corrected chi connectivity index (χ4v) is 1.80. The van der Waals surface area contributed by atoms with Gasteiger partial charge in [0.05, 0.1) is 12.4 Å². The summed E-state index contributed by atoms with van der Waals surface area (Å²) in [5.74, 6) is -0.476. The normalized spacial score (nSPS) is 11.1. The van der Waals surface area contributed by atoms with Gasteiger partial charge in [-0.3, -0.25) is 4.79 Å². The van der Waals surface area contributed by atoms with E-state index in [1.54, 1.807) is 11.6 Å². The Labute approximate surface area is 106 Å². The van der Waals surface area contributed by atoms with Crippen molar-refractivity contribution in [3.8, 4) is 0 Å². The van der Waals surface area contributed by atoms with Crippen molar-refractivity contribution in [1.29, 1.82) is 0 Å². The van der Waals surface area contributed by atoms with Gasteiger partial charge >= 0.3 is 5.97 Å². The lowest BCUT2D eigenvalue weighted by molar-refractivity contribution is -0.133. The van der Waals surface area contributed by atoms with Crippen molar-refractivity contribution in [3.05, 3.63) is 5.82 Å². The Bertz CT molecular complexity index is 400. The number of alkyl halides is 2. The average molecular weight is 281 g/mol. The first-order valence-electron chi connectivity index (χ1n) is 5.09. The van der Waals surface area contributed by atoms with Crippen LogP contribution in [0.25, 0.3) is 0 Å². The summed E-state index contributed by atoms with van der Waals surface area (Å²) >= 11 is 1.05. The molecule has 0 saturated carbocycles. The molecule has 0 amide bonds. The third-order valence-electron chi connectivity index (χ3n) is 1.96. The molecule has 1 aromatic rings. The van der Waals surface area contributed by atoms with Crippen LogP contribution in [0.5, 0.6) is 0 Å². The van der Waals surface area contributed by atoms with Crippen LogP contribution in [0.15, 0.2) is 5.16 Å². The van der Waals surface area contributed by atoms with E-state index in [1.165, 1.54) is 0 Å². The number of halogens is 2. The first kappa shape index (κ1) is 14.8. The molecule has 0 radical (unpaired) electrons. The third-order valence-corrected chi connectivity index (χ3v) is 2.97. The second-order valence-electron chi connectivity index (χ2n) is 3.36. The number of aromatic nitrogens is 3. The van der Waals surface area contributed by atoms with Crippen LogP contribution in [-0.2, 0) is 23.0 Å². The molecular weight excluding hydrogens is 268 g/mol. The molecule has 0 aliphatic heterocycles. The summed E-state index contributed by atoms with van der Waals surface area (Å²) < 4.78 is 30.0. The number of carbonyl (C=O) groups is 1. The summed E-state index contributed by atoms with van der Waals surface area (Å²) in [4.78, 5) is 10.4. The van der Waals surface area contributed by atoms with E-state index < -0.39 is 19.0 Å². The highest BCUT2D eigenvalue weighted by molar-refractivity contribution is 7.99. The van der Waals surface area contributed by atoms with Gasteiger partial charge in [0.2, 0.25) is 0 Å². The Morgan fingerprint density at radius 3 is 2.89 bits per heavy atom. The van der Waals surface area contributed by atoms with Crippen LogP contribution in [0.4, 0.5) is 8.78 Å². The number of nitrogens with zero attached hydrogens (tertiary/aromatic N) is 3. The molecule has 0 atom stereocenters. The summed E-state index contributed by atoms with van der Waals surface area (Å²) in [6, 6.07) is 0. The predicted octanol–water partition coefficient (Wildman–Crippen LogP) is 0.816. The molecule has 0 aliphatic carbocycles. The van der Waals surface area contributed by atoms with E-state index in [4.69, 9.17) is 9.84 Å². The SMILES string of the molecule is Cn1c(CCOCC(F)F)nnc1SCC(=O)O. The fraction of sp³-hybridized carbons (Fsp3) is 0.667. The number of rotatable bonds is 8. The van der Waals surface area contributed by atoms with Gasteiger partial charge in [-0.25, -0.2) is 8.78 Å². The van der Waals surface area contributed by atoms with Crippen molar-refractivity contribution >= 4 is 17.7 Å². The van der Waals surface area contributed by atoms with Crippen LogP contribution in [0, 0.1) is 0 Å². The number of hydrogen-bond acceptors (Lipinski definition) is 5. The molecule has 102 valence electrons. The first-order valence-corrected chi connectivity index (χ1v) is 6.08. The van der Waals surface area contributed by atoms with Gasteiger partial charge in [0, 0.05) is 13.5 Å².